The van der Waals surface area contributed by atoms with Gasteiger partial charge in [0.15, 0.2) is 0 Å². The Morgan fingerprint density at radius 1 is 1.05 bits per heavy atom. The third-order valence-corrected chi connectivity index (χ3v) is 4.39. The summed E-state index contributed by atoms with van der Waals surface area (Å²) < 4.78 is 4.33. The molecule has 0 aliphatic heterocycles. The third-order valence-electron chi connectivity index (χ3n) is 3.21. The fourth-order valence-corrected chi connectivity index (χ4v) is 3.08. The van der Waals surface area contributed by atoms with Crippen molar-refractivity contribution in [3.8, 4) is 0 Å². The zero-order valence-corrected chi connectivity index (χ0v) is 13.3. The molecule has 4 heteroatoms. The summed E-state index contributed by atoms with van der Waals surface area (Å²) in [5.74, 6) is 0. The van der Waals surface area contributed by atoms with E-state index in [1.165, 1.54) is 10.9 Å². The summed E-state index contributed by atoms with van der Waals surface area (Å²) in [5.41, 5.74) is 9.20. The van der Waals surface area contributed by atoms with Crippen LogP contribution in [0.3, 0.4) is 0 Å². The van der Waals surface area contributed by atoms with E-state index in [1.54, 1.807) is 0 Å². The van der Waals surface area contributed by atoms with Crippen LogP contribution in [0, 0.1) is 0 Å². The van der Waals surface area contributed by atoms with Crippen LogP contribution in [0.5, 0.6) is 0 Å². The Morgan fingerprint density at radius 3 is 2.68 bits per heavy atom. The van der Waals surface area contributed by atoms with Gasteiger partial charge in [-0.2, -0.15) is 0 Å². The molecule has 0 aliphatic rings. The first kappa shape index (κ1) is 12.8. The van der Waals surface area contributed by atoms with Crippen LogP contribution < -0.4 is 5.73 Å². The Kier molecular flexibility index (Phi) is 3.37. The molecule has 2 nitrogen and oxygen atoms in total. The molecule has 96 valence electrons. The van der Waals surface area contributed by atoms with Gasteiger partial charge in [0.1, 0.15) is 0 Å². The lowest BCUT2D eigenvalue weighted by Crippen LogP contribution is -2.01. The van der Waals surface area contributed by atoms with Crippen LogP contribution in [-0.4, -0.2) is 4.57 Å². The average molecular weight is 380 g/mol. The van der Waals surface area contributed by atoms with Crippen molar-refractivity contribution in [3.63, 3.8) is 0 Å². The third kappa shape index (κ3) is 2.42. The predicted octanol–water partition coefficient (Wildman–Crippen LogP) is 4.80. The summed E-state index contributed by atoms with van der Waals surface area (Å²) in [6.07, 6.45) is 2.09. The maximum absolute atomic E-state index is 6.06. The second kappa shape index (κ2) is 5.02. The zero-order valence-electron chi connectivity index (χ0n) is 10.1. The normalized spacial score (nSPS) is 11.1. The molecule has 0 bridgehead atoms. The number of fused-ring (bicyclic) bond motifs is 1. The van der Waals surface area contributed by atoms with Gasteiger partial charge >= 0.3 is 0 Å². The second-order valence-electron chi connectivity index (χ2n) is 4.46. The summed E-state index contributed by atoms with van der Waals surface area (Å²) in [7, 11) is 0. The van der Waals surface area contributed by atoms with Crippen molar-refractivity contribution in [2.45, 2.75) is 6.54 Å². The molecule has 0 unspecified atom stereocenters. The van der Waals surface area contributed by atoms with Gasteiger partial charge in [0.05, 0.1) is 0 Å². The van der Waals surface area contributed by atoms with Gasteiger partial charge in [0, 0.05) is 38.3 Å². The quantitative estimate of drug-likeness (QED) is 0.637. The molecule has 2 N–H and O–H groups in total. The molecule has 1 aromatic heterocycles. The SMILES string of the molecule is Nc1cc(Br)ccc1Cn1ccc2c(Br)cccc21. The zero-order chi connectivity index (χ0) is 13.4. The summed E-state index contributed by atoms with van der Waals surface area (Å²) >= 11 is 7.01. The second-order valence-corrected chi connectivity index (χ2v) is 6.23. The van der Waals surface area contributed by atoms with Crippen molar-refractivity contribution in [3.05, 3.63) is 63.2 Å². The molecule has 0 fully saturated rings. The average Bonchev–Trinajstić information content (AvgIpc) is 2.78. The lowest BCUT2D eigenvalue weighted by atomic mass is 10.2. The smallest absolute Gasteiger partial charge is 0.0496 e. The molecule has 0 aliphatic carbocycles. The number of nitrogens with zero attached hydrogens (tertiary/aromatic N) is 1. The fraction of sp³-hybridized carbons (Fsp3) is 0.0667. The van der Waals surface area contributed by atoms with E-state index in [2.05, 4.69) is 66.9 Å². The molecule has 0 saturated carbocycles. The Labute approximate surface area is 128 Å². The molecule has 2 aromatic carbocycles. The lowest BCUT2D eigenvalue weighted by Gasteiger charge is -2.09. The molecule has 3 aromatic rings. The number of hydrogen-bond acceptors (Lipinski definition) is 1. The number of rotatable bonds is 2. The van der Waals surface area contributed by atoms with Crippen LogP contribution in [0.25, 0.3) is 10.9 Å². The molecule has 0 radical (unpaired) electrons. The summed E-state index contributed by atoms with van der Waals surface area (Å²) in [6, 6.07) is 14.4. The van der Waals surface area contributed by atoms with Crippen molar-refractivity contribution in [2.24, 2.45) is 0 Å². The van der Waals surface area contributed by atoms with Gasteiger partial charge in [-0.05, 0) is 35.9 Å². The summed E-state index contributed by atoms with van der Waals surface area (Å²) in [4.78, 5) is 0. The van der Waals surface area contributed by atoms with Crippen LogP contribution in [-0.2, 0) is 6.54 Å². The molecule has 1 heterocycles. The Hall–Kier alpha value is -1.26. The minimum atomic E-state index is 0.777. The van der Waals surface area contributed by atoms with Crippen LogP contribution in [0.2, 0.25) is 0 Å². The van der Waals surface area contributed by atoms with Gasteiger partial charge in [-0.25, -0.2) is 0 Å². The Morgan fingerprint density at radius 2 is 1.89 bits per heavy atom. The molecule has 3 rings (SSSR count). The first-order valence-corrected chi connectivity index (χ1v) is 7.51. The molecular formula is C15H12Br2N2. The van der Waals surface area contributed by atoms with Crippen molar-refractivity contribution in [2.75, 3.05) is 5.73 Å². The largest absolute Gasteiger partial charge is 0.398 e. The number of aromatic nitrogens is 1. The van der Waals surface area contributed by atoms with Gasteiger partial charge in [-0.1, -0.05) is 44.0 Å². The van der Waals surface area contributed by atoms with E-state index in [4.69, 9.17) is 5.73 Å². The van der Waals surface area contributed by atoms with Gasteiger partial charge < -0.3 is 10.3 Å². The number of benzene rings is 2. The predicted molar refractivity (Wildman–Crippen MR) is 87.3 cm³/mol. The molecule has 0 saturated heterocycles. The van der Waals surface area contributed by atoms with Crippen LogP contribution in [0.4, 0.5) is 5.69 Å². The first-order chi connectivity index (χ1) is 9.15. The van der Waals surface area contributed by atoms with Crippen LogP contribution in [0.15, 0.2) is 57.6 Å². The van der Waals surface area contributed by atoms with Crippen molar-refractivity contribution in [1.29, 1.82) is 0 Å². The molecule has 0 atom stereocenters. The van der Waals surface area contributed by atoms with Gasteiger partial charge in [0.2, 0.25) is 0 Å². The molecule has 19 heavy (non-hydrogen) atoms. The van der Waals surface area contributed by atoms with E-state index < -0.39 is 0 Å². The first-order valence-electron chi connectivity index (χ1n) is 5.92. The van der Waals surface area contributed by atoms with E-state index >= 15 is 0 Å². The highest BCUT2D eigenvalue weighted by atomic mass is 79.9. The van der Waals surface area contributed by atoms with Crippen molar-refractivity contribution < 1.29 is 0 Å². The van der Waals surface area contributed by atoms with Gasteiger partial charge in [0.25, 0.3) is 0 Å². The molecular weight excluding hydrogens is 368 g/mol. The van der Waals surface area contributed by atoms with Crippen LogP contribution >= 0.6 is 31.9 Å². The Balaban J connectivity index is 2.04. The number of halogens is 2. The number of anilines is 1. The summed E-state index contributed by atoms with van der Waals surface area (Å²) in [6.45, 7) is 0.777. The van der Waals surface area contributed by atoms with E-state index in [-0.39, 0.29) is 0 Å². The van der Waals surface area contributed by atoms with Crippen molar-refractivity contribution in [1.82, 2.24) is 4.57 Å². The van der Waals surface area contributed by atoms with E-state index in [9.17, 15) is 0 Å². The Bertz CT molecular complexity index is 747. The minimum absolute atomic E-state index is 0.777. The molecule has 0 amide bonds. The lowest BCUT2D eigenvalue weighted by molar-refractivity contribution is 0.839. The van der Waals surface area contributed by atoms with E-state index in [0.717, 1.165) is 26.7 Å². The monoisotopic (exact) mass is 378 g/mol. The highest BCUT2D eigenvalue weighted by Gasteiger charge is 2.06. The van der Waals surface area contributed by atoms with E-state index in [0.29, 0.717) is 0 Å². The van der Waals surface area contributed by atoms with Crippen LogP contribution in [0.1, 0.15) is 5.56 Å². The van der Waals surface area contributed by atoms with E-state index in [1.807, 2.05) is 18.2 Å². The topological polar surface area (TPSA) is 30.9 Å². The fourth-order valence-electron chi connectivity index (χ4n) is 2.22. The molecule has 0 spiro atoms. The van der Waals surface area contributed by atoms with Gasteiger partial charge in [-0.3, -0.25) is 0 Å². The standard InChI is InChI=1S/C15H12Br2N2/c16-11-5-4-10(14(18)8-11)9-19-7-6-12-13(17)2-1-3-15(12)19/h1-8H,9,18H2. The maximum Gasteiger partial charge on any atom is 0.0496 e. The number of hydrogen-bond donors (Lipinski definition) is 1. The minimum Gasteiger partial charge on any atom is -0.398 e. The highest BCUT2D eigenvalue weighted by Crippen LogP contribution is 2.26. The van der Waals surface area contributed by atoms with Gasteiger partial charge in [-0.15, -0.1) is 0 Å². The maximum atomic E-state index is 6.06. The number of nitrogen functional groups attached to an aromatic ring is 1. The van der Waals surface area contributed by atoms with Crippen molar-refractivity contribution >= 4 is 48.5 Å². The highest BCUT2D eigenvalue weighted by molar-refractivity contribution is 9.11. The summed E-state index contributed by atoms with van der Waals surface area (Å²) in [5, 5.41) is 1.22. The number of nitrogens with two attached hydrogens (primary N) is 1.